The predicted molar refractivity (Wildman–Crippen MR) is 182 cm³/mol. The molecule has 11 rings (SSSR count). The Hall–Kier alpha value is -2.29. The van der Waals surface area contributed by atoms with Gasteiger partial charge in [0.2, 0.25) is 0 Å². The number of hydrogen-bond acceptors (Lipinski definition) is 3. The molecule has 245 valence electrons. The average Bonchev–Trinajstić information content (AvgIpc) is 2.94. The van der Waals surface area contributed by atoms with Gasteiger partial charge in [-0.15, -0.1) is 34.9 Å². The molecule has 2 aromatic carbocycles. The molecule has 1 heterocycles. The number of benzene rings is 2. The first-order valence-electron chi connectivity index (χ1n) is 17.9. The van der Waals surface area contributed by atoms with Crippen LogP contribution in [0.3, 0.4) is 0 Å². The molecule has 8 aliphatic rings. The van der Waals surface area contributed by atoms with Gasteiger partial charge in [0, 0.05) is 31.6 Å². The first kappa shape index (κ1) is 32.3. The van der Waals surface area contributed by atoms with Gasteiger partial charge >= 0.3 is 0 Å². The van der Waals surface area contributed by atoms with Crippen molar-refractivity contribution in [2.24, 2.45) is 35.5 Å². The fraction of sp³-hybridized carbons (Fsp3) is 0.571. The molecule has 1 aromatic heterocycles. The molecule has 0 spiro atoms. The Balaban J connectivity index is 0.000000384. The van der Waals surface area contributed by atoms with Crippen LogP contribution in [-0.2, 0) is 35.7 Å². The fourth-order valence-corrected chi connectivity index (χ4v) is 12.6. The van der Waals surface area contributed by atoms with Gasteiger partial charge in [0.1, 0.15) is 0 Å². The van der Waals surface area contributed by atoms with Crippen LogP contribution in [0.4, 0.5) is 0 Å². The molecule has 8 bridgehead atoms. The van der Waals surface area contributed by atoms with Gasteiger partial charge < -0.3 is 5.11 Å². The van der Waals surface area contributed by atoms with Crippen molar-refractivity contribution in [1.29, 1.82) is 0 Å². The zero-order chi connectivity index (χ0) is 31.1. The number of carbonyl (C=O) groups is 1. The summed E-state index contributed by atoms with van der Waals surface area (Å²) in [6, 6.07) is 18.0. The maximum atomic E-state index is 10.0. The summed E-state index contributed by atoms with van der Waals surface area (Å²) in [5.74, 6) is 5.81. The summed E-state index contributed by atoms with van der Waals surface area (Å²) in [4.78, 5) is 15.4. The summed E-state index contributed by atoms with van der Waals surface area (Å²) in [6.07, 6.45) is 19.0. The van der Waals surface area contributed by atoms with Gasteiger partial charge in [0.05, 0.1) is 11.3 Å². The third-order valence-corrected chi connectivity index (χ3v) is 12.9. The molecule has 0 atom stereocenters. The SMILES string of the molecule is CC(=O)/C=C(/C)O.Cc1[c-]c(-c2ccc3c(C45CC6CC(CC(C6)C4)C5)c(C45CC6CC(CC(C6)C4)C5)ccc3n2)cc(C)c1.[Ir]. The third-order valence-electron chi connectivity index (χ3n) is 12.9. The number of carbonyl (C=O) groups excluding carboxylic acids is 1. The third kappa shape index (κ3) is 5.74. The molecule has 1 N–H and O–H groups in total. The van der Waals surface area contributed by atoms with Gasteiger partial charge in [0.25, 0.3) is 0 Å². The fourth-order valence-electron chi connectivity index (χ4n) is 12.6. The number of rotatable bonds is 4. The van der Waals surface area contributed by atoms with E-state index < -0.39 is 0 Å². The average molecular weight is 793 g/mol. The number of aryl methyl sites for hydroxylation is 2. The van der Waals surface area contributed by atoms with Crippen LogP contribution in [0.1, 0.15) is 113 Å². The molecule has 8 saturated carbocycles. The molecule has 0 saturated heterocycles. The summed E-state index contributed by atoms with van der Waals surface area (Å²) in [6.45, 7) is 7.19. The zero-order valence-corrected chi connectivity index (χ0v) is 30.5. The Morgan fingerprint density at radius 3 is 1.76 bits per heavy atom. The number of aliphatic hydroxyl groups is 1. The maximum absolute atomic E-state index is 10.0. The van der Waals surface area contributed by atoms with Crippen molar-refractivity contribution in [2.45, 2.75) is 116 Å². The van der Waals surface area contributed by atoms with Crippen LogP contribution >= 0.6 is 0 Å². The van der Waals surface area contributed by atoms with Gasteiger partial charge in [-0.25, -0.2) is 0 Å². The van der Waals surface area contributed by atoms with Crippen LogP contribution in [0.25, 0.3) is 22.2 Å². The minimum absolute atomic E-state index is 0. The Labute approximate surface area is 289 Å². The second-order valence-corrected chi connectivity index (χ2v) is 16.8. The Bertz CT molecular complexity index is 1610. The van der Waals surface area contributed by atoms with Crippen molar-refractivity contribution in [2.75, 3.05) is 0 Å². The van der Waals surface area contributed by atoms with E-state index in [4.69, 9.17) is 10.1 Å². The van der Waals surface area contributed by atoms with E-state index in [2.05, 4.69) is 56.3 Å². The molecule has 46 heavy (non-hydrogen) atoms. The molecule has 8 aliphatic carbocycles. The molecule has 3 aromatic rings. The summed E-state index contributed by atoms with van der Waals surface area (Å²) in [5.41, 5.74) is 10.4. The van der Waals surface area contributed by atoms with E-state index in [0.717, 1.165) is 46.8 Å². The number of aromatic nitrogens is 1. The van der Waals surface area contributed by atoms with Crippen molar-refractivity contribution < 1.29 is 30.0 Å². The van der Waals surface area contributed by atoms with Crippen LogP contribution in [0.15, 0.2) is 48.2 Å². The number of nitrogens with zero attached hydrogens (tertiary/aromatic N) is 1. The number of ketones is 1. The number of hydrogen-bond donors (Lipinski definition) is 1. The van der Waals surface area contributed by atoms with E-state index in [-0.39, 0.29) is 31.6 Å². The van der Waals surface area contributed by atoms with Gasteiger partial charge in [-0.1, -0.05) is 32.0 Å². The molecule has 0 unspecified atom stereocenters. The topological polar surface area (TPSA) is 50.2 Å². The van der Waals surface area contributed by atoms with Gasteiger partial charge in [-0.3, -0.25) is 9.78 Å². The van der Waals surface area contributed by atoms with E-state index in [1.807, 2.05) is 0 Å². The number of fused-ring (bicyclic) bond motifs is 1. The molecule has 0 aliphatic heterocycles. The van der Waals surface area contributed by atoms with E-state index >= 15 is 0 Å². The van der Waals surface area contributed by atoms with Crippen molar-refractivity contribution in [3.05, 3.63) is 76.6 Å². The van der Waals surface area contributed by atoms with Crippen molar-refractivity contribution >= 4 is 16.7 Å². The normalized spacial score (nSPS) is 35.1. The van der Waals surface area contributed by atoms with Crippen LogP contribution in [-0.4, -0.2) is 15.9 Å². The monoisotopic (exact) mass is 793 g/mol. The molecule has 3 nitrogen and oxygen atoms in total. The number of pyridine rings is 1. The van der Waals surface area contributed by atoms with Crippen molar-refractivity contribution in [1.82, 2.24) is 4.98 Å². The Morgan fingerprint density at radius 2 is 1.30 bits per heavy atom. The van der Waals surface area contributed by atoms with Crippen LogP contribution in [0, 0.1) is 55.4 Å². The van der Waals surface area contributed by atoms with E-state index in [9.17, 15) is 4.79 Å². The predicted octanol–water partition coefficient (Wildman–Crippen LogP) is 10.3. The molecule has 1 radical (unpaired) electrons. The van der Waals surface area contributed by atoms with Gasteiger partial charge in [-0.05, 0) is 160 Å². The number of aliphatic hydroxyl groups excluding tert-OH is 1. The molecule has 0 amide bonds. The van der Waals surface area contributed by atoms with Crippen molar-refractivity contribution in [3.63, 3.8) is 0 Å². The zero-order valence-electron chi connectivity index (χ0n) is 28.1. The molecular weight excluding hydrogens is 743 g/mol. The van der Waals surface area contributed by atoms with Crippen LogP contribution in [0.5, 0.6) is 0 Å². The second kappa shape index (κ2) is 12.0. The summed E-state index contributed by atoms with van der Waals surface area (Å²) in [7, 11) is 0. The minimum atomic E-state index is -0.125. The van der Waals surface area contributed by atoms with E-state index in [1.165, 1.54) is 119 Å². The smallest absolute Gasteiger partial charge is 0.155 e. The number of allylic oxidation sites excluding steroid dienone is 2. The summed E-state index contributed by atoms with van der Waals surface area (Å²) < 4.78 is 0. The second-order valence-electron chi connectivity index (χ2n) is 16.8. The van der Waals surface area contributed by atoms with Gasteiger partial charge in [0.15, 0.2) is 5.78 Å². The molecule has 4 heteroatoms. The van der Waals surface area contributed by atoms with E-state index in [0.29, 0.717) is 10.8 Å². The molecular formula is C42H50IrNO2-. The largest absolute Gasteiger partial charge is 0.512 e. The minimum Gasteiger partial charge on any atom is -0.512 e. The standard InChI is InChI=1S/C37H42N.C5H8O2.Ir/c1-22-7-23(2)9-30(8-22)33-5-3-31-34(38-33)6-4-32(36-16-24-10-25(17-36)12-26(11-24)18-36)35(31)37-19-27-13-28(20-37)15-29(14-27)21-37;1-4(6)3-5(2)7;/h3-8,24-29H,10-21H2,1-2H3;3,6H,1-2H3;/q-1;;/b;4-3-;. The summed E-state index contributed by atoms with van der Waals surface area (Å²) in [5, 5.41) is 9.87. The Morgan fingerprint density at radius 1 is 0.783 bits per heavy atom. The quantitative estimate of drug-likeness (QED) is 0.163. The summed E-state index contributed by atoms with van der Waals surface area (Å²) >= 11 is 0. The Kier molecular flexibility index (Phi) is 8.41. The van der Waals surface area contributed by atoms with Crippen LogP contribution < -0.4 is 0 Å². The maximum Gasteiger partial charge on any atom is 0.155 e. The van der Waals surface area contributed by atoms with Crippen molar-refractivity contribution in [3.8, 4) is 11.3 Å². The van der Waals surface area contributed by atoms with Crippen LogP contribution in [0.2, 0.25) is 0 Å². The van der Waals surface area contributed by atoms with Gasteiger partial charge in [-0.2, -0.15) is 0 Å². The first-order chi connectivity index (χ1) is 21.6. The van der Waals surface area contributed by atoms with E-state index in [1.54, 1.807) is 11.1 Å². The first-order valence-corrected chi connectivity index (χ1v) is 17.9. The molecule has 8 fully saturated rings.